The van der Waals surface area contributed by atoms with Crippen LogP contribution in [0.4, 0.5) is 0 Å². The molecule has 0 spiro atoms. The fourth-order valence-corrected chi connectivity index (χ4v) is 0.606. The highest BCUT2D eigenvalue weighted by molar-refractivity contribution is 4.72. The molecule has 2 nitrogen and oxygen atoms in total. The zero-order valence-electron chi connectivity index (χ0n) is 4.72. The molecule has 0 aromatic heterocycles. The highest BCUT2D eigenvalue weighted by Crippen LogP contribution is 1.90. The van der Waals surface area contributed by atoms with Gasteiger partial charge in [0.05, 0.1) is 0 Å². The molecule has 0 aliphatic carbocycles. The smallest absolute Gasteiger partial charge is 0.122 e. The van der Waals surface area contributed by atoms with Gasteiger partial charge < -0.3 is 11.0 Å². The van der Waals surface area contributed by atoms with E-state index in [0.717, 1.165) is 19.5 Å². The number of nitrogens with one attached hydrogen (secondary N) is 1. The second-order valence-electron chi connectivity index (χ2n) is 1.68. The standard InChI is InChI=1S/C4H10N2/c5-4-1-2-6-3-4/h4,6H,1-3,5H2/t4-/m1/s1/i/hD. The average molecular weight is 87.1 g/mol. The van der Waals surface area contributed by atoms with Crippen LogP contribution in [0, 0.1) is 0 Å². The van der Waals surface area contributed by atoms with Crippen molar-refractivity contribution >= 4 is 0 Å². The SMILES string of the molecule is [2H]N1CC[C@@H](N)C1. The van der Waals surface area contributed by atoms with Crippen molar-refractivity contribution in [2.24, 2.45) is 5.73 Å². The van der Waals surface area contributed by atoms with E-state index in [9.17, 15) is 0 Å². The Kier molecular flexibility index (Phi) is 0.787. The van der Waals surface area contributed by atoms with Crippen LogP contribution in [-0.4, -0.2) is 19.1 Å². The maximum absolute atomic E-state index is 7.02. The van der Waals surface area contributed by atoms with Crippen LogP contribution in [0.2, 0.25) is 1.41 Å². The average Bonchev–Trinajstić information content (AvgIpc) is 1.87. The molecule has 1 heterocycles. The molecule has 1 atom stereocenters. The van der Waals surface area contributed by atoms with E-state index in [1.807, 2.05) is 0 Å². The Bertz CT molecular complexity index is 58.7. The van der Waals surface area contributed by atoms with Crippen molar-refractivity contribution < 1.29 is 1.41 Å². The predicted molar refractivity (Wildman–Crippen MR) is 25.5 cm³/mol. The first-order valence-electron chi connectivity index (χ1n) is 2.73. The molecule has 1 rings (SSSR count). The maximum atomic E-state index is 7.02. The fraction of sp³-hybridized carbons (Fsp3) is 1.00. The molecular weight excluding hydrogens is 76.1 g/mol. The van der Waals surface area contributed by atoms with Crippen molar-refractivity contribution in [2.75, 3.05) is 13.1 Å². The summed E-state index contributed by atoms with van der Waals surface area (Å²) in [7, 11) is 0. The van der Waals surface area contributed by atoms with Crippen LogP contribution in [-0.2, 0) is 0 Å². The van der Waals surface area contributed by atoms with Crippen LogP contribution < -0.4 is 11.0 Å². The minimum absolute atomic E-state index is 0.262. The third-order valence-corrected chi connectivity index (χ3v) is 1.02. The largest absolute Gasteiger partial charge is 0.327 e. The predicted octanol–water partition coefficient (Wildman–Crippen LogP) is -0.693. The van der Waals surface area contributed by atoms with Gasteiger partial charge in [0, 0.05) is 12.6 Å². The molecule has 2 heteroatoms. The summed E-state index contributed by atoms with van der Waals surface area (Å²) in [5.74, 6) is 0. The molecule has 36 valence electrons. The van der Waals surface area contributed by atoms with Gasteiger partial charge in [-0.15, -0.1) is 0 Å². The number of hydrogen-bond acceptors (Lipinski definition) is 2. The van der Waals surface area contributed by atoms with Gasteiger partial charge in [-0.1, -0.05) is 0 Å². The molecule has 0 aromatic rings. The summed E-state index contributed by atoms with van der Waals surface area (Å²) in [6.45, 7) is 1.60. The van der Waals surface area contributed by atoms with E-state index in [-0.39, 0.29) is 6.04 Å². The molecule has 3 N–H and O–H groups in total. The molecule has 0 saturated carbocycles. The van der Waals surface area contributed by atoms with E-state index >= 15 is 0 Å². The number of nitrogens with two attached hydrogens (primary N) is 1. The Morgan fingerprint density at radius 3 is 3.00 bits per heavy atom. The van der Waals surface area contributed by atoms with Gasteiger partial charge in [-0.3, -0.25) is 0 Å². The summed E-state index contributed by atoms with van der Waals surface area (Å²) in [6.07, 6.45) is 0.990. The third kappa shape index (κ3) is 0.698. The first kappa shape index (κ1) is 2.99. The highest BCUT2D eigenvalue weighted by atomic mass is 14.9. The maximum Gasteiger partial charge on any atom is 0.122 e. The minimum atomic E-state index is 0.262. The monoisotopic (exact) mass is 87.1 g/mol. The van der Waals surface area contributed by atoms with Crippen LogP contribution in [0.15, 0.2) is 0 Å². The molecule has 1 fully saturated rings. The van der Waals surface area contributed by atoms with Crippen molar-refractivity contribution in [1.82, 2.24) is 5.31 Å². The topological polar surface area (TPSA) is 38.0 Å². The third-order valence-electron chi connectivity index (χ3n) is 1.02. The second-order valence-corrected chi connectivity index (χ2v) is 1.68. The molecule has 1 saturated heterocycles. The lowest BCUT2D eigenvalue weighted by Gasteiger charge is -1.91. The van der Waals surface area contributed by atoms with Crippen molar-refractivity contribution in [3.05, 3.63) is 0 Å². The van der Waals surface area contributed by atoms with E-state index in [1.165, 1.54) is 5.31 Å². The molecule has 1 aliphatic heterocycles. The lowest BCUT2D eigenvalue weighted by atomic mass is 10.3. The Morgan fingerprint density at radius 2 is 2.83 bits per heavy atom. The highest BCUT2D eigenvalue weighted by Gasteiger charge is 2.06. The van der Waals surface area contributed by atoms with E-state index < -0.39 is 0 Å². The van der Waals surface area contributed by atoms with Gasteiger partial charge in [0.2, 0.25) is 0 Å². The van der Waals surface area contributed by atoms with Gasteiger partial charge in [-0.05, 0) is 13.0 Å². The van der Waals surface area contributed by atoms with E-state index in [1.54, 1.807) is 0 Å². The first-order valence-corrected chi connectivity index (χ1v) is 2.28. The van der Waals surface area contributed by atoms with Crippen LogP contribution in [0.1, 0.15) is 6.42 Å². The second kappa shape index (κ2) is 1.58. The number of rotatable bonds is 0. The summed E-state index contributed by atoms with van der Waals surface area (Å²) >= 11 is 0. The van der Waals surface area contributed by atoms with Crippen LogP contribution in [0.5, 0.6) is 0 Å². The van der Waals surface area contributed by atoms with E-state index in [4.69, 9.17) is 7.15 Å². The summed E-state index contributed by atoms with van der Waals surface area (Å²) in [5.41, 5.74) is 5.46. The van der Waals surface area contributed by atoms with Crippen LogP contribution in [0.3, 0.4) is 0 Å². The minimum Gasteiger partial charge on any atom is -0.327 e. The Hall–Kier alpha value is -0.0800. The van der Waals surface area contributed by atoms with Crippen molar-refractivity contribution in [3.63, 3.8) is 0 Å². The molecule has 1 aliphatic rings. The number of hydrogen-bond donors (Lipinski definition) is 2. The molecule has 0 amide bonds. The Labute approximate surface area is 39.2 Å². The van der Waals surface area contributed by atoms with E-state index in [0.29, 0.717) is 0 Å². The zero-order valence-corrected chi connectivity index (χ0v) is 3.72. The van der Waals surface area contributed by atoms with Gasteiger partial charge in [0.25, 0.3) is 0 Å². The Morgan fingerprint density at radius 1 is 2.00 bits per heavy atom. The lowest BCUT2D eigenvalue weighted by molar-refractivity contribution is 0.742. The molecule has 0 aromatic carbocycles. The van der Waals surface area contributed by atoms with Gasteiger partial charge in [0.1, 0.15) is 1.41 Å². The summed E-state index contributed by atoms with van der Waals surface area (Å²) in [4.78, 5) is 0. The van der Waals surface area contributed by atoms with Gasteiger partial charge in [-0.25, -0.2) is 0 Å². The molecule has 0 radical (unpaired) electrons. The quantitative estimate of drug-likeness (QED) is 0.410. The van der Waals surface area contributed by atoms with Crippen molar-refractivity contribution in [2.45, 2.75) is 12.5 Å². The van der Waals surface area contributed by atoms with Crippen molar-refractivity contribution in [1.29, 1.82) is 0 Å². The summed E-state index contributed by atoms with van der Waals surface area (Å²) in [6, 6.07) is 0.262. The fourth-order valence-electron chi connectivity index (χ4n) is 0.606. The molecule has 0 unspecified atom stereocenters. The Balaban J connectivity index is 2.26. The molecule has 6 heavy (non-hydrogen) atoms. The van der Waals surface area contributed by atoms with Gasteiger partial charge >= 0.3 is 0 Å². The van der Waals surface area contributed by atoms with E-state index in [2.05, 4.69) is 0 Å². The van der Waals surface area contributed by atoms with Crippen molar-refractivity contribution in [3.8, 4) is 0 Å². The summed E-state index contributed by atoms with van der Waals surface area (Å²) < 4.78 is 7.02. The molecular formula is C4H10N2. The summed E-state index contributed by atoms with van der Waals surface area (Å²) in [5, 5.41) is 1.50. The normalized spacial score (nSPS) is 40.2. The van der Waals surface area contributed by atoms with Gasteiger partial charge in [-0.2, -0.15) is 0 Å². The lowest BCUT2D eigenvalue weighted by Crippen LogP contribution is -2.21. The van der Waals surface area contributed by atoms with Crippen LogP contribution in [0.25, 0.3) is 0 Å². The molecule has 0 bridgehead atoms. The first-order chi connectivity index (χ1) is 3.29. The van der Waals surface area contributed by atoms with Gasteiger partial charge in [0.15, 0.2) is 0 Å². The zero-order chi connectivity index (χ0) is 5.28. The van der Waals surface area contributed by atoms with Crippen LogP contribution >= 0.6 is 0 Å².